The van der Waals surface area contributed by atoms with Gasteiger partial charge in [-0.25, -0.2) is 4.39 Å². The lowest BCUT2D eigenvalue weighted by Gasteiger charge is -2.31. The summed E-state index contributed by atoms with van der Waals surface area (Å²) in [5.41, 5.74) is 3.12. The molecule has 0 aliphatic heterocycles. The molecule has 0 heterocycles. The number of aliphatic hydroxyl groups excluding tert-OH is 2. The maximum absolute atomic E-state index is 13.5. The minimum absolute atomic E-state index is 0.236. The molecule has 2 aromatic rings. The Balaban J connectivity index is 2.40. The van der Waals surface area contributed by atoms with Crippen LogP contribution in [0.3, 0.4) is 0 Å². The van der Waals surface area contributed by atoms with Crippen LogP contribution in [0.2, 0.25) is 0 Å². The summed E-state index contributed by atoms with van der Waals surface area (Å²) < 4.78 is 13.5. The molecule has 0 spiro atoms. The van der Waals surface area contributed by atoms with Crippen LogP contribution in [0, 0.1) is 19.7 Å². The number of halogens is 1. The van der Waals surface area contributed by atoms with Crippen LogP contribution >= 0.6 is 0 Å². The quantitative estimate of drug-likeness (QED) is 0.888. The number of hydrogen-bond acceptors (Lipinski definition) is 2. The van der Waals surface area contributed by atoms with E-state index in [4.69, 9.17) is 0 Å². The van der Waals surface area contributed by atoms with E-state index in [2.05, 4.69) is 6.07 Å². The molecule has 0 saturated heterocycles. The zero-order valence-corrected chi connectivity index (χ0v) is 12.4. The van der Waals surface area contributed by atoms with Gasteiger partial charge in [-0.3, -0.25) is 0 Å². The molecule has 0 bridgehead atoms. The third-order valence-electron chi connectivity index (χ3n) is 4.16. The third-order valence-corrected chi connectivity index (χ3v) is 4.16. The van der Waals surface area contributed by atoms with Crippen LogP contribution in [0.25, 0.3) is 0 Å². The summed E-state index contributed by atoms with van der Waals surface area (Å²) in [6.07, 6.45) is 0.463. The standard InChI is InChI=1S/C18H21FO2/c1-13-6-7-15(8-14(13)2)10-18(11-20,12-21)16-4-3-5-17(19)9-16/h3-9,20-21H,10-12H2,1-2H3. The van der Waals surface area contributed by atoms with Gasteiger partial charge in [0.1, 0.15) is 5.82 Å². The summed E-state index contributed by atoms with van der Waals surface area (Å²) in [5, 5.41) is 19.6. The number of benzene rings is 2. The monoisotopic (exact) mass is 288 g/mol. The van der Waals surface area contributed by atoms with Crippen molar-refractivity contribution in [1.82, 2.24) is 0 Å². The molecule has 0 unspecified atom stereocenters. The topological polar surface area (TPSA) is 40.5 Å². The van der Waals surface area contributed by atoms with Gasteiger partial charge in [-0.2, -0.15) is 0 Å². The lowest BCUT2D eigenvalue weighted by Crippen LogP contribution is -2.37. The third kappa shape index (κ3) is 3.31. The normalized spacial score (nSPS) is 11.7. The maximum atomic E-state index is 13.5. The fourth-order valence-corrected chi connectivity index (χ4v) is 2.57. The van der Waals surface area contributed by atoms with E-state index in [1.807, 2.05) is 26.0 Å². The van der Waals surface area contributed by atoms with Crippen molar-refractivity contribution in [3.63, 3.8) is 0 Å². The summed E-state index contributed by atoms with van der Waals surface area (Å²) in [5.74, 6) is -0.362. The van der Waals surface area contributed by atoms with Gasteiger partial charge in [-0.1, -0.05) is 30.3 Å². The molecule has 21 heavy (non-hydrogen) atoms. The summed E-state index contributed by atoms with van der Waals surface area (Å²) >= 11 is 0. The zero-order valence-electron chi connectivity index (χ0n) is 12.4. The fourth-order valence-electron chi connectivity index (χ4n) is 2.57. The number of aliphatic hydroxyl groups is 2. The van der Waals surface area contributed by atoms with Crippen molar-refractivity contribution in [2.75, 3.05) is 13.2 Å². The predicted octanol–water partition coefficient (Wildman–Crippen LogP) is 2.91. The van der Waals surface area contributed by atoms with Crippen molar-refractivity contribution in [2.24, 2.45) is 0 Å². The van der Waals surface area contributed by atoms with Crippen LogP contribution in [0.5, 0.6) is 0 Å². The molecular formula is C18H21FO2. The highest BCUT2D eigenvalue weighted by atomic mass is 19.1. The summed E-state index contributed by atoms with van der Waals surface area (Å²) in [7, 11) is 0. The summed E-state index contributed by atoms with van der Waals surface area (Å²) in [6, 6.07) is 12.2. The molecule has 0 aromatic heterocycles. The van der Waals surface area contributed by atoms with Crippen molar-refractivity contribution in [3.8, 4) is 0 Å². The smallest absolute Gasteiger partial charge is 0.123 e. The predicted molar refractivity (Wildman–Crippen MR) is 81.9 cm³/mol. The molecule has 2 rings (SSSR count). The van der Waals surface area contributed by atoms with Gasteiger partial charge in [-0.15, -0.1) is 0 Å². The van der Waals surface area contributed by atoms with Gasteiger partial charge >= 0.3 is 0 Å². The van der Waals surface area contributed by atoms with Gasteiger partial charge in [0.25, 0.3) is 0 Å². The summed E-state index contributed by atoms with van der Waals surface area (Å²) in [6.45, 7) is 3.59. The van der Waals surface area contributed by atoms with Crippen LogP contribution in [-0.2, 0) is 11.8 Å². The first kappa shape index (κ1) is 15.7. The van der Waals surface area contributed by atoms with E-state index in [-0.39, 0.29) is 19.0 Å². The molecule has 0 aliphatic rings. The molecule has 0 aliphatic carbocycles. The van der Waals surface area contributed by atoms with E-state index in [1.165, 1.54) is 17.7 Å². The van der Waals surface area contributed by atoms with Gasteiger partial charge in [0.2, 0.25) is 0 Å². The lowest BCUT2D eigenvalue weighted by molar-refractivity contribution is 0.116. The Kier molecular flexibility index (Phi) is 4.76. The highest BCUT2D eigenvalue weighted by molar-refractivity contribution is 5.34. The van der Waals surface area contributed by atoms with E-state index in [0.717, 1.165) is 11.1 Å². The van der Waals surface area contributed by atoms with Gasteiger partial charge in [0, 0.05) is 5.41 Å². The minimum Gasteiger partial charge on any atom is -0.395 e. The average molecular weight is 288 g/mol. The Hall–Kier alpha value is -1.71. The largest absolute Gasteiger partial charge is 0.395 e. The van der Waals surface area contributed by atoms with E-state index >= 15 is 0 Å². The molecule has 0 atom stereocenters. The molecule has 2 N–H and O–H groups in total. The first-order valence-electron chi connectivity index (χ1n) is 7.05. The van der Waals surface area contributed by atoms with Crippen molar-refractivity contribution >= 4 is 0 Å². The van der Waals surface area contributed by atoms with Crippen molar-refractivity contribution in [3.05, 3.63) is 70.5 Å². The molecule has 0 saturated carbocycles. The van der Waals surface area contributed by atoms with Crippen LogP contribution in [0.1, 0.15) is 22.3 Å². The second-order valence-electron chi connectivity index (χ2n) is 5.70. The second kappa shape index (κ2) is 6.37. The molecule has 112 valence electrons. The summed E-state index contributed by atoms with van der Waals surface area (Å²) in [4.78, 5) is 0. The highest BCUT2D eigenvalue weighted by Gasteiger charge is 2.31. The number of hydrogen-bond donors (Lipinski definition) is 2. The first-order valence-corrected chi connectivity index (χ1v) is 7.05. The second-order valence-corrected chi connectivity index (χ2v) is 5.70. The Morgan fingerprint density at radius 3 is 2.24 bits per heavy atom. The molecule has 2 nitrogen and oxygen atoms in total. The zero-order chi connectivity index (χ0) is 15.5. The van der Waals surface area contributed by atoms with E-state index in [1.54, 1.807) is 12.1 Å². The van der Waals surface area contributed by atoms with Crippen molar-refractivity contribution < 1.29 is 14.6 Å². The van der Waals surface area contributed by atoms with Gasteiger partial charge in [0.05, 0.1) is 13.2 Å². The Labute approximate surface area is 124 Å². The Bertz CT molecular complexity index is 618. The van der Waals surface area contributed by atoms with Crippen molar-refractivity contribution in [1.29, 1.82) is 0 Å². The Morgan fingerprint density at radius 2 is 1.67 bits per heavy atom. The molecule has 0 amide bonds. The Morgan fingerprint density at radius 1 is 0.952 bits per heavy atom. The van der Waals surface area contributed by atoms with E-state index < -0.39 is 5.41 Å². The van der Waals surface area contributed by atoms with Crippen molar-refractivity contribution in [2.45, 2.75) is 25.7 Å². The molecule has 2 aromatic carbocycles. The molecular weight excluding hydrogens is 267 g/mol. The van der Waals surface area contributed by atoms with Gasteiger partial charge in [0.15, 0.2) is 0 Å². The SMILES string of the molecule is Cc1ccc(CC(CO)(CO)c2cccc(F)c2)cc1C. The molecule has 0 fully saturated rings. The lowest BCUT2D eigenvalue weighted by atomic mass is 9.76. The van der Waals surface area contributed by atoms with E-state index in [0.29, 0.717) is 12.0 Å². The minimum atomic E-state index is -0.871. The number of rotatable bonds is 5. The van der Waals surface area contributed by atoms with Gasteiger partial charge in [-0.05, 0) is 54.7 Å². The fraction of sp³-hybridized carbons (Fsp3) is 0.333. The molecule has 0 radical (unpaired) electrons. The average Bonchev–Trinajstić information content (AvgIpc) is 2.48. The maximum Gasteiger partial charge on any atom is 0.123 e. The van der Waals surface area contributed by atoms with Gasteiger partial charge < -0.3 is 10.2 Å². The van der Waals surface area contributed by atoms with Crippen LogP contribution in [-0.4, -0.2) is 23.4 Å². The van der Waals surface area contributed by atoms with Crippen LogP contribution in [0.4, 0.5) is 4.39 Å². The first-order chi connectivity index (χ1) is 10.0. The van der Waals surface area contributed by atoms with Crippen LogP contribution < -0.4 is 0 Å². The molecule has 3 heteroatoms. The van der Waals surface area contributed by atoms with Crippen LogP contribution in [0.15, 0.2) is 42.5 Å². The number of aryl methyl sites for hydroxylation is 2. The van der Waals surface area contributed by atoms with E-state index in [9.17, 15) is 14.6 Å². The highest BCUT2D eigenvalue weighted by Crippen LogP contribution is 2.29.